The molecule has 1 aromatic carbocycles. The molecule has 1 unspecified atom stereocenters. The van der Waals surface area contributed by atoms with Crippen molar-refractivity contribution in [3.8, 4) is 0 Å². The van der Waals surface area contributed by atoms with Gasteiger partial charge >= 0.3 is 0 Å². The van der Waals surface area contributed by atoms with E-state index in [0.29, 0.717) is 11.5 Å². The largest absolute Gasteiger partial charge is 0.394 e. The topological polar surface area (TPSA) is 32.3 Å². The van der Waals surface area contributed by atoms with Crippen LogP contribution in [0.15, 0.2) is 18.2 Å². The number of benzene rings is 1. The van der Waals surface area contributed by atoms with Crippen LogP contribution in [0.5, 0.6) is 0 Å². The summed E-state index contributed by atoms with van der Waals surface area (Å²) in [4.78, 5) is 0. The van der Waals surface area contributed by atoms with Gasteiger partial charge in [0.25, 0.3) is 0 Å². The smallest absolute Gasteiger partial charge is 0.127 e. The lowest BCUT2D eigenvalue weighted by atomic mass is 9.96. The molecule has 2 rings (SSSR count). The van der Waals surface area contributed by atoms with E-state index in [-0.39, 0.29) is 13.2 Å². The quantitative estimate of drug-likeness (QED) is 0.828. The van der Waals surface area contributed by atoms with E-state index < -0.39 is 17.2 Å². The molecule has 1 aromatic rings. The second-order valence-electron chi connectivity index (χ2n) is 4.94. The van der Waals surface area contributed by atoms with Crippen molar-refractivity contribution in [2.45, 2.75) is 31.8 Å². The van der Waals surface area contributed by atoms with Gasteiger partial charge in [-0.2, -0.15) is 0 Å². The molecule has 0 amide bonds. The number of rotatable bonds is 5. The Hall–Kier alpha value is -1.00. The van der Waals surface area contributed by atoms with E-state index in [0.717, 1.165) is 25.0 Å². The second kappa shape index (κ2) is 4.70. The Morgan fingerprint density at radius 1 is 1.41 bits per heavy atom. The molecule has 0 aliphatic heterocycles. The molecule has 17 heavy (non-hydrogen) atoms. The first kappa shape index (κ1) is 12.5. The highest BCUT2D eigenvalue weighted by Crippen LogP contribution is 2.39. The minimum absolute atomic E-state index is 0.00853. The standard InChI is InChI=1S/C13H17F2NO/c1-13(8-17,10-2-3-10)16-7-9-6-11(14)4-5-12(9)15/h4-6,10,16-17H,2-3,7-8H2,1H3. The Morgan fingerprint density at radius 2 is 2.12 bits per heavy atom. The van der Waals surface area contributed by atoms with Crippen LogP contribution >= 0.6 is 0 Å². The third kappa shape index (κ3) is 2.82. The summed E-state index contributed by atoms with van der Waals surface area (Å²) in [6.45, 7) is 2.16. The molecular formula is C13H17F2NO. The van der Waals surface area contributed by atoms with Crippen molar-refractivity contribution in [1.29, 1.82) is 0 Å². The number of nitrogens with one attached hydrogen (secondary N) is 1. The van der Waals surface area contributed by atoms with Gasteiger partial charge in [-0.1, -0.05) is 0 Å². The van der Waals surface area contributed by atoms with E-state index in [4.69, 9.17) is 0 Å². The summed E-state index contributed by atoms with van der Waals surface area (Å²) in [6, 6.07) is 3.41. The van der Waals surface area contributed by atoms with Gasteiger partial charge in [-0.05, 0) is 43.9 Å². The molecule has 2 N–H and O–H groups in total. The van der Waals surface area contributed by atoms with Crippen LogP contribution in [0.4, 0.5) is 8.78 Å². The van der Waals surface area contributed by atoms with E-state index in [2.05, 4.69) is 5.32 Å². The summed E-state index contributed by atoms with van der Waals surface area (Å²) in [5.41, 5.74) is -0.0935. The normalized spacial score (nSPS) is 19.1. The molecule has 1 atom stereocenters. The summed E-state index contributed by atoms with van der Waals surface area (Å²) >= 11 is 0. The molecule has 0 saturated heterocycles. The van der Waals surface area contributed by atoms with Crippen LogP contribution in [0.2, 0.25) is 0 Å². The average Bonchev–Trinajstić information content (AvgIpc) is 3.14. The first-order chi connectivity index (χ1) is 8.05. The van der Waals surface area contributed by atoms with Crippen LogP contribution in [0.3, 0.4) is 0 Å². The highest BCUT2D eigenvalue weighted by molar-refractivity contribution is 5.19. The zero-order valence-electron chi connectivity index (χ0n) is 9.84. The zero-order valence-corrected chi connectivity index (χ0v) is 9.84. The number of halogens is 2. The summed E-state index contributed by atoms with van der Waals surface area (Å²) in [6.07, 6.45) is 2.16. The molecule has 4 heteroatoms. The first-order valence-electron chi connectivity index (χ1n) is 5.85. The number of aliphatic hydroxyl groups is 1. The second-order valence-corrected chi connectivity index (χ2v) is 4.94. The first-order valence-corrected chi connectivity index (χ1v) is 5.85. The molecule has 1 fully saturated rings. The Bertz CT molecular complexity index is 406. The molecule has 0 spiro atoms. The third-order valence-electron chi connectivity index (χ3n) is 3.50. The van der Waals surface area contributed by atoms with Gasteiger partial charge in [0.2, 0.25) is 0 Å². The lowest BCUT2D eigenvalue weighted by molar-refractivity contribution is 0.153. The monoisotopic (exact) mass is 241 g/mol. The van der Waals surface area contributed by atoms with Crippen molar-refractivity contribution in [2.75, 3.05) is 6.61 Å². The SMILES string of the molecule is CC(CO)(NCc1cc(F)ccc1F)C1CC1. The maximum atomic E-state index is 13.4. The van der Waals surface area contributed by atoms with Gasteiger partial charge in [0.1, 0.15) is 11.6 Å². The van der Waals surface area contributed by atoms with Crippen molar-refractivity contribution in [2.24, 2.45) is 5.92 Å². The molecule has 1 aliphatic rings. The molecule has 0 radical (unpaired) electrons. The Balaban J connectivity index is 2.03. The lowest BCUT2D eigenvalue weighted by Gasteiger charge is -2.29. The van der Waals surface area contributed by atoms with E-state index in [1.54, 1.807) is 0 Å². The predicted molar refractivity (Wildman–Crippen MR) is 61.4 cm³/mol. The minimum atomic E-state index is -0.444. The van der Waals surface area contributed by atoms with E-state index >= 15 is 0 Å². The van der Waals surface area contributed by atoms with Crippen molar-refractivity contribution in [3.63, 3.8) is 0 Å². The van der Waals surface area contributed by atoms with Gasteiger partial charge in [0.05, 0.1) is 6.61 Å². The lowest BCUT2D eigenvalue weighted by Crippen LogP contribution is -2.47. The Labute approximate surface area is 99.7 Å². The predicted octanol–water partition coefficient (Wildman–Crippen LogP) is 2.22. The molecule has 0 heterocycles. The number of hydrogen-bond donors (Lipinski definition) is 2. The van der Waals surface area contributed by atoms with E-state index in [9.17, 15) is 13.9 Å². The Kier molecular flexibility index (Phi) is 3.45. The van der Waals surface area contributed by atoms with Gasteiger partial charge in [-0.25, -0.2) is 8.78 Å². The molecular weight excluding hydrogens is 224 g/mol. The minimum Gasteiger partial charge on any atom is -0.394 e. The van der Waals surface area contributed by atoms with Gasteiger partial charge in [-0.15, -0.1) is 0 Å². The maximum Gasteiger partial charge on any atom is 0.127 e. The van der Waals surface area contributed by atoms with Crippen molar-refractivity contribution in [1.82, 2.24) is 5.32 Å². The fraction of sp³-hybridized carbons (Fsp3) is 0.538. The highest BCUT2D eigenvalue weighted by atomic mass is 19.1. The number of aliphatic hydroxyl groups excluding tert-OH is 1. The molecule has 2 nitrogen and oxygen atoms in total. The van der Waals surface area contributed by atoms with Gasteiger partial charge in [0.15, 0.2) is 0 Å². The maximum absolute atomic E-state index is 13.4. The summed E-state index contributed by atoms with van der Waals surface area (Å²) < 4.78 is 26.4. The van der Waals surface area contributed by atoms with Crippen LogP contribution in [0.1, 0.15) is 25.3 Å². The summed E-state index contributed by atoms with van der Waals surface area (Å²) in [7, 11) is 0. The summed E-state index contributed by atoms with van der Waals surface area (Å²) in [5.74, 6) is -0.431. The highest BCUT2D eigenvalue weighted by Gasteiger charge is 2.40. The van der Waals surface area contributed by atoms with Crippen molar-refractivity contribution >= 4 is 0 Å². The molecule has 1 aliphatic carbocycles. The van der Waals surface area contributed by atoms with Crippen LogP contribution < -0.4 is 5.32 Å². The van der Waals surface area contributed by atoms with Crippen LogP contribution in [0.25, 0.3) is 0 Å². The van der Waals surface area contributed by atoms with E-state index in [1.165, 1.54) is 6.07 Å². The van der Waals surface area contributed by atoms with Gasteiger partial charge in [-0.3, -0.25) is 0 Å². The zero-order chi connectivity index (χ0) is 12.5. The van der Waals surface area contributed by atoms with Crippen LogP contribution in [0, 0.1) is 17.6 Å². The Morgan fingerprint density at radius 3 is 2.71 bits per heavy atom. The third-order valence-corrected chi connectivity index (χ3v) is 3.50. The fourth-order valence-corrected chi connectivity index (χ4v) is 2.03. The van der Waals surface area contributed by atoms with Crippen molar-refractivity contribution in [3.05, 3.63) is 35.4 Å². The molecule has 1 saturated carbocycles. The van der Waals surface area contributed by atoms with Gasteiger partial charge in [0, 0.05) is 17.6 Å². The van der Waals surface area contributed by atoms with Crippen LogP contribution in [-0.4, -0.2) is 17.3 Å². The fourth-order valence-electron chi connectivity index (χ4n) is 2.03. The molecule has 94 valence electrons. The number of hydrogen-bond acceptors (Lipinski definition) is 2. The summed E-state index contributed by atoms with van der Waals surface area (Å²) in [5, 5.41) is 12.5. The van der Waals surface area contributed by atoms with Crippen molar-refractivity contribution < 1.29 is 13.9 Å². The van der Waals surface area contributed by atoms with E-state index in [1.807, 2.05) is 6.92 Å². The molecule has 0 aromatic heterocycles. The van der Waals surface area contributed by atoms with Crippen LogP contribution in [-0.2, 0) is 6.54 Å². The van der Waals surface area contributed by atoms with Gasteiger partial charge < -0.3 is 10.4 Å². The molecule has 0 bridgehead atoms. The average molecular weight is 241 g/mol.